The van der Waals surface area contributed by atoms with Crippen LogP contribution in [-0.2, 0) is 17.4 Å². The van der Waals surface area contributed by atoms with Crippen LogP contribution in [0.1, 0.15) is 49.7 Å². The van der Waals surface area contributed by atoms with Crippen molar-refractivity contribution in [1.82, 2.24) is 9.88 Å². The zero-order chi connectivity index (χ0) is 25.3. The van der Waals surface area contributed by atoms with Crippen molar-refractivity contribution in [2.24, 2.45) is 5.92 Å². The Morgan fingerprint density at radius 2 is 1.75 bits per heavy atom. The van der Waals surface area contributed by atoms with Gasteiger partial charge in [-0.2, -0.15) is 13.2 Å². The molecule has 1 aliphatic carbocycles. The number of amides is 1. The van der Waals surface area contributed by atoms with Crippen LogP contribution in [0, 0.1) is 5.92 Å². The summed E-state index contributed by atoms with van der Waals surface area (Å²) in [4.78, 5) is 24.2. The van der Waals surface area contributed by atoms with Crippen LogP contribution in [-0.4, -0.2) is 54.6 Å². The topological polar surface area (TPSA) is 39.7 Å². The Kier molecular flexibility index (Phi) is 7.45. The second kappa shape index (κ2) is 10.6. The maximum absolute atomic E-state index is 13.7. The van der Waals surface area contributed by atoms with Crippen LogP contribution in [0.15, 0.2) is 36.5 Å². The molecule has 0 bridgehead atoms. The van der Waals surface area contributed by atoms with Gasteiger partial charge < -0.3 is 9.80 Å². The molecule has 3 aliphatic rings. The monoisotopic (exact) mass is 520 g/mol. The number of aromatic nitrogens is 1. The highest BCUT2D eigenvalue weighted by Crippen LogP contribution is 2.36. The third-order valence-corrected chi connectivity index (χ3v) is 8.12. The van der Waals surface area contributed by atoms with Gasteiger partial charge in [-0.05, 0) is 43.4 Å². The van der Waals surface area contributed by atoms with Gasteiger partial charge in [-0.3, -0.25) is 9.69 Å². The molecule has 0 radical (unpaired) electrons. The highest BCUT2D eigenvalue weighted by molar-refractivity contribution is 6.33. The van der Waals surface area contributed by atoms with E-state index in [1.807, 2.05) is 17.0 Å². The van der Waals surface area contributed by atoms with E-state index in [0.717, 1.165) is 76.1 Å². The normalized spacial score (nSPS) is 21.9. The van der Waals surface area contributed by atoms with Crippen LogP contribution in [0.4, 0.5) is 24.7 Å². The van der Waals surface area contributed by atoms with E-state index in [9.17, 15) is 18.0 Å². The van der Waals surface area contributed by atoms with Crippen molar-refractivity contribution < 1.29 is 18.0 Å². The third kappa shape index (κ3) is 5.35. The molecular weight excluding hydrogens is 489 g/mol. The molecule has 2 aliphatic heterocycles. The van der Waals surface area contributed by atoms with Gasteiger partial charge in [0.05, 0.1) is 10.6 Å². The summed E-state index contributed by atoms with van der Waals surface area (Å²) in [5, 5.41) is 0.0198. The number of anilines is 2. The zero-order valence-electron chi connectivity index (χ0n) is 20.3. The van der Waals surface area contributed by atoms with Crippen molar-refractivity contribution in [3.05, 3.63) is 52.7 Å². The van der Waals surface area contributed by atoms with Crippen LogP contribution in [0.2, 0.25) is 5.02 Å². The molecule has 9 heteroatoms. The molecule has 0 N–H and O–H groups in total. The summed E-state index contributed by atoms with van der Waals surface area (Å²) in [6.45, 7) is 3.51. The van der Waals surface area contributed by atoms with E-state index in [2.05, 4.69) is 26.9 Å². The number of para-hydroxylation sites is 1. The van der Waals surface area contributed by atoms with E-state index in [0.29, 0.717) is 18.9 Å². The number of carbonyl (C=O) groups is 1. The van der Waals surface area contributed by atoms with Gasteiger partial charge in [-0.15, -0.1) is 0 Å². The van der Waals surface area contributed by atoms with Gasteiger partial charge in [-0.1, -0.05) is 49.1 Å². The number of hydrogen-bond acceptors (Lipinski definition) is 4. The van der Waals surface area contributed by atoms with E-state index in [1.54, 1.807) is 0 Å². The number of benzene rings is 1. The maximum atomic E-state index is 13.7. The number of halogens is 4. The van der Waals surface area contributed by atoms with Gasteiger partial charge in [0.15, 0.2) is 0 Å². The first-order chi connectivity index (χ1) is 17.3. The lowest BCUT2D eigenvalue weighted by molar-refractivity contribution is -0.137. The fraction of sp³-hybridized carbons (Fsp3) is 0.556. The molecule has 1 saturated carbocycles. The van der Waals surface area contributed by atoms with Gasteiger partial charge in [0.1, 0.15) is 5.82 Å². The van der Waals surface area contributed by atoms with Gasteiger partial charge >= 0.3 is 6.18 Å². The van der Waals surface area contributed by atoms with Gasteiger partial charge in [0.2, 0.25) is 5.91 Å². The summed E-state index contributed by atoms with van der Waals surface area (Å²) >= 11 is 6.17. The molecule has 1 unspecified atom stereocenters. The number of nitrogens with zero attached hydrogens (tertiary/aromatic N) is 4. The Balaban J connectivity index is 1.26. The van der Waals surface area contributed by atoms with E-state index in [1.165, 1.54) is 12.0 Å². The minimum absolute atomic E-state index is 0.0198. The SMILES string of the molecule is O=C(C1CCCCC1)N1c2ccccc2CCC1CN1CCN(c2ncc(C(F)(F)F)cc2Cl)CC1. The summed E-state index contributed by atoms with van der Waals surface area (Å²) in [7, 11) is 0. The van der Waals surface area contributed by atoms with Crippen molar-refractivity contribution >= 4 is 29.0 Å². The minimum Gasteiger partial charge on any atom is -0.353 e. The average molecular weight is 521 g/mol. The Hall–Kier alpha value is -2.32. The van der Waals surface area contributed by atoms with Crippen molar-refractivity contribution in [3.8, 4) is 0 Å². The third-order valence-electron chi connectivity index (χ3n) is 7.84. The fourth-order valence-corrected chi connectivity index (χ4v) is 6.17. The molecule has 0 spiro atoms. The number of rotatable bonds is 4. The summed E-state index contributed by atoms with van der Waals surface area (Å²) in [5.41, 5.74) is 1.46. The van der Waals surface area contributed by atoms with E-state index in [-0.39, 0.29) is 22.9 Å². The Morgan fingerprint density at radius 1 is 1.03 bits per heavy atom. The summed E-state index contributed by atoms with van der Waals surface area (Å²) in [6, 6.07) is 9.34. The number of aryl methyl sites for hydroxylation is 1. The first kappa shape index (κ1) is 25.3. The number of piperazine rings is 1. The lowest BCUT2D eigenvalue weighted by Gasteiger charge is -2.43. The molecule has 36 heavy (non-hydrogen) atoms. The number of alkyl halides is 3. The van der Waals surface area contributed by atoms with Gasteiger partial charge in [0, 0.05) is 56.6 Å². The van der Waals surface area contributed by atoms with Crippen molar-refractivity contribution in [1.29, 1.82) is 0 Å². The van der Waals surface area contributed by atoms with Gasteiger partial charge in [0.25, 0.3) is 0 Å². The second-order valence-corrected chi connectivity index (χ2v) is 10.6. The number of fused-ring (bicyclic) bond motifs is 1. The molecular formula is C27H32ClF3N4O. The molecule has 3 heterocycles. The first-order valence-corrected chi connectivity index (χ1v) is 13.3. The van der Waals surface area contributed by atoms with Crippen LogP contribution in [0.5, 0.6) is 0 Å². The largest absolute Gasteiger partial charge is 0.417 e. The first-order valence-electron chi connectivity index (χ1n) is 12.9. The van der Waals surface area contributed by atoms with Crippen LogP contribution >= 0.6 is 11.6 Å². The molecule has 1 saturated heterocycles. The number of carbonyl (C=O) groups excluding carboxylic acids is 1. The number of hydrogen-bond donors (Lipinski definition) is 0. The maximum Gasteiger partial charge on any atom is 0.417 e. The summed E-state index contributed by atoms with van der Waals surface area (Å²) in [5.74, 6) is 0.772. The summed E-state index contributed by atoms with van der Waals surface area (Å²) in [6.07, 6.45) is 3.69. The molecule has 1 aromatic carbocycles. The molecule has 5 nitrogen and oxygen atoms in total. The molecule has 1 atom stereocenters. The fourth-order valence-electron chi connectivity index (χ4n) is 5.88. The Bertz CT molecular complexity index is 1080. The van der Waals surface area contributed by atoms with Crippen molar-refractivity contribution in [2.45, 2.75) is 57.2 Å². The van der Waals surface area contributed by atoms with Crippen LogP contribution < -0.4 is 9.80 Å². The zero-order valence-corrected chi connectivity index (χ0v) is 21.1. The van der Waals surface area contributed by atoms with Crippen LogP contribution in [0.25, 0.3) is 0 Å². The summed E-state index contributed by atoms with van der Waals surface area (Å²) < 4.78 is 38.9. The highest BCUT2D eigenvalue weighted by atomic mass is 35.5. The van der Waals surface area contributed by atoms with Crippen LogP contribution in [0.3, 0.4) is 0 Å². The molecule has 2 fully saturated rings. The molecule has 194 valence electrons. The van der Waals surface area contributed by atoms with E-state index < -0.39 is 11.7 Å². The van der Waals surface area contributed by atoms with Gasteiger partial charge in [-0.25, -0.2) is 4.98 Å². The number of pyridine rings is 1. The molecule has 1 amide bonds. The lowest BCUT2D eigenvalue weighted by atomic mass is 9.86. The Labute approximate surface area is 215 Å². The minimum atomic E-state index is -4.46. The standard InChI is InChI=1S/C27H32ClF3N4O/c28-23-16-21(27(29,30)31)17-32-25(23)34-14-12-33(13-15-34)18-22-11-10-19-6-4-5-9-24(19)35(22)26(36)20-7-2-1-3-8-20/h4-6,9,16-17,20,22H,1-3,7-8,10-15,18H2. The van der Waals surface area contributed by atoms with E-state index >= 15 is 0 Å². The lowest BCUT2D eigenvalue weighted by Crippen LogP contribution is -2.55. The average Bonchev–Trinajstić information content (AvgIpc) is 2.89. The highest BCUT2D eigenvalue weighted by Gasteiger charge is 2.37. The Morgan fingerprint density at radius 3 is 2.44 bits per heavy atom. The molecule has 5 rings (SSSR count). The smallest absolute Gasteiger partial charge is 0.353 e. The molecule has 2 aromatic rings. The van der Waals surface area contributed by atoms with E-state index in [4.69, 9.17) is 11.6 Å². The van der Waals surface area contributed by atoms with Crippen molar-refractivity contribution in [3.63, 3.8) is 0 Å². The second-order valence-electron chi connectivity index (χ2n) is 10.2. The molecule has 1 aromatic heterocycles. The predicted octanol–water partition coefficient (Wildman–Crippen LogP) is 5.80. The quantitative estimate of drug-likeness (QED) is 0.510. The van der Waals surface area contributed by atoms with Crippen molar-refractivity contribution in [2.75, 3.05) is 42.5 Å². The predicted molar refractivity (Wildman–Crippen MR) is 136 cm³/mol.